The summed E-state index contributed by atoms with van der Waals surface area (Å²) in [5, 5.41) is 12.6. The van der Waals surface area contributed by atoms with E-state index < -0.39 is 11.2 Å². The number of nitrogens with zero attached hydrogens (tertiary/aromatic N) is 4. The first-order valence-corrected chi connectivity index (χ1v) is 12.7. The van der Waals surface area contributed by atoms with Crippen LogP contribution in [-0.4, -0.2) is 58.1 Å². The largest absolute Gasteiger partial charge is 0.378 e. The molecular formula is C21H30N6O3S2. The van der Waals surface area contributed by atoms with Crippen molar-refractivity contribution in [2.45, 2.75) is 57.0 Å². The number of thioether (sulfide) groups is 1. The number of nitrogens with two attached hydrogens (primary N) is 1. The SMILES string of the molecule is CC(C)Cn1c(S[C@H](C)C(=O)Nc2sc3c(c2C(N)=O)CCC3)nnc1N1CCOCC1. The number of hydrogen-bond acceptors (Lipinski definition) is 8. The third-order valence-corrected chi connectivity index (χ3v) is 7.88. The molecule has 2 aliphatic rings. The first-order chi connectivity index (χ1) is 15.3. The van der Waals surface area contributed by atoms with E-state index in [9.17, 15) is 9.59 Å². The lowest BCUT2D eigenvalue weighted by Gasteiger charge is -2.28. The van der Waals surface area contributed by atoms with Crippen molar-refractivity contribution in [1.29, 1.82) is 0 Å². The monoisotopic (exact) mass is 478 g/mol. The van der Waals surface area contributed by atoms with E-state index >= 15 is 0 Å². The van der Waals surface area contributed by atoms with Gasteiger partial charge in [-0.1, -0.05) is 25.6 Å². The number of amides is 2. The number of aryl methyl sites for hydroxylation is 1. The summed E-state index contributed by atoms with van der Waals surface area (Å²) in [6.07, 6.45) is 2.80. The van der Waals surface area contributed by atoms with E-state index in [1.54, 1.807) is 0 Å². The molecule has 1 atom stereocenters. The van der Waals surface area contributed by atoms with Crippen molar-refractivity contribution in [3.05, 3.63) is 16.0 Å². The number of carbonyl (C=O) groups is 2. The summed E-state index contributed by atoms with van der Waals surface area (Å²) in [5.74, 6) is 0.569. The lowest BCUT2D eigenvalue weighted by Crippen LogP contribution is -2.38. The zero-order valence-corrected chi connectivity index (χ0v) is 20.4. The number of nitrogens with one attached hydrogen (secondary N) is 1. The fourth-order valence-electron chi connectivity index (χ4n) is 4.07. The highest BCUT2D eigenvalue weighted by molar-refractivity contribution is 8.00. The Labute approximate surface area is 196 Å². The van der Waals surface area contributed by atoms with Crippen molar-refractivity contribution < 1.29 is 14.3 Å². The number of primary amides is 1. The molecule has 0 bridgehead atoms. The molecule has 0 saturated carbocycles. The molecule has 0 spiro atoms. The van der Waals surface area contributed by atoms with Crippen molar-refractivity contribution in [3.63, 3.8) is 0 Å². The molecule has 2 aromatic rings. The van der Waals surface area contributed by atoms with Crippen molar-refractivity contribution in [1.82, 2.24) is 14.8 Å². The van der Waals surface area contributed by atoms with Gasteiger partial charge in [-0.25, -0.2) is 0 Å². The van der Waals surface area contributed by atoms with Gasteiger partial charge >= 0.3 is 0 Å². The predicted molar refractivity (Wildman–Crippen MR) is 127 cm³/mol. The van der Waals surface area contributed by atoms with Crippen molar-refractivity contribution in [2.75, 3.05) is 36.5 Å². The van der Waals surface area contributed by atoms with Gasteiger partial charge in [-0.2, -0.15) is 0 Å². The molecule has 0 radical (unpaired) electrons. The molecule has 0 unspecified atom stereocenters. The molecule has 0 aromatic carbocycles. The molecule has 9 nitrogen and oxygen atoms in total. The highest BCUT2D eigenvalue weighted by atomic mass is 32.2. The van der Waals surface area contributed by atoms with Gasteiger partial charge in [-0.05, 0) is 37.7 Å². The molecule has 32 heavy (non-hydrogen) atoms. The topological polar surface area (TPSA) is 115 Å². The molecule has 2 aromatic heterocycles. The Morgan fingerprint density at radius 2 is 1.97 bits per heavy atom. The maximum Gasteiger partial charge on any atom is 0.251 e. The van der Waals surface area contributed by atoms with E-state index in [2.05, 4.69) is 38.8 Å². The number of hydrogen-bond donors (Lipinski definition) is 2. The van der Waals surface area contributed by atoms with E-state index in [1.807, 2.05) is 6.92 Å². The van der Waals surface area contributed by atoms with Crippen LogP contribution in [0.5, 0.6) is 0 Å². The van der Waals surface area contributed by atoms with Gasteiger partial charge in [-0.3, -0.25) is 14.2 Å². The Morgan fingerprint density at radius 3 is 2.66 bits per heavy atom. The van der Waals surface area contributed by atoms with Crippen LogP contribution >= 0.6 is 23.1 Å². The van der Waals surface area contributed by atoms with Crippen molar-refractivity contribution in [3.8, 4) is 0 Å². The molecule has 4 rings (SSSR count). The number of morpholine rings is 1. The lowest BCUT2D eigenvalue weighted by atomic mass is 10.1. The smallest absolute Gasteiger partial charge is 0.251 e. The fraction of sp³-hybridized carbons (Fsp3) is 0.619. The average molecular weight is 479 g/mol. The number of rotatable bonds is 8. The Morgan fingerprint density at radius 1 is 1.22 bits per heavy atom. The maximum atomic E-state index is 13.0. The zero-order chi connectivity index (χ0) is 22.8. The number of fused-ring (bicyclic) bond motifs is 1. The van der Waals surface area contributed by atoms with E-state index in [1.165, 1.54) is 23.1 Å². The fourth-order valence-corrected chi connectivity index (χ4v) is 6.22. The average Bonchev–Trinajstić information content (AvgIpc) is 3.43. The van der Waals surface area contributed by atoms with Crippen LogP contribution in [0.1, 0.15) is 48.0 Å². The van der Waals surface area contributed by atoms with E-state index in [-0.39, 0.29) is 5.91 Å². The Balaban J connectivity index is 1.50. The van der Waals surface area contributed by atoms with Crippen molar-refractivity contribution >= 4 is 45.9 Å². The normalized spacial score (nSPS) is 16.9. The van der Waals surface area contributed by atoms with Crippen LogP contribution in [0, 0.1) is 5.92 Å². The highest BCUT2D eigenvalue weighted by Gasteiger charge is 2.28. The third-order valence-electron chi connectivity index (χ3n) is 5.59. The quantitative estimate of drug-likeness (QED) is 0.560. The van der Waals surface area contributed by atoms with Gasteiger partial charge in [0.15, 0.2) is 5.16 Å². The Kier molecular flexibility index (Phi) is 7.06. The summed E-state index contributed by atoms with van der Waals surface area (Å²) in [4.78, 5) is 28.4. The van der Waals surface area contributed by atoms with Gasteiger partial charge in [-0.15, -0.1) is 21.5 Å². The van der Waals surface area contributed by atoms with Crippen LogP contribution in [0.2, 0.25) is 0 Å². The number of carbonyl (C=O) groups excluding carboxylic acids is 2. The molecule has 1 aliphatic carbocycles. The van der Waals surface area contributed by atoms with Gasteiger partial charge in [0.1, 0.15) is 5.00 Å². The second kappa shape index (κ2) is 9.80. The second-order valence-electron chi connectivity index (χ2n) is 8.56. The third kappa shape index (κ3) is 4.79. The standard InChI is InChI=1S/C21H30N6O3S2/c1-12(2)11-27-20(26-7-9-30-10-8-26)24-25-21(27)31-13(3)18(29)23-19-16(17(22)28)14-5-4-6-15(14)32-19/h12-13H,4-11H2,1-3H3,(H2,22,28)(H,23,29)/t13-/m1/s1. The summed E-state index contributed by atoms with van der Waals surface area (Å²) in [5.41, 5.74) is 7.11. The van der Waals surface area contributed by atoms with Crippen molar-refractivity contribution in [2.24, 2.45) is 11.7 Å². The van der Waals surface area contributed by atoms with E-state index in [0.29, 0.717) is 34.9 Å². The van der Waals surface area contributed by atoms with Crippen LogP contribution in [0.3, 0.4) is 0 Å². The van der Waals surface area contributed by atoms with Crippen LogP contribution in [0.25, 0.3) is 0 Å². The Bertz CT molecular complexity index is 996. The molecule has 174 valence electrons. The van der Waals surface area contributed by atoms with E-state index in [4.69, 9.17) is 10.5 Å². The van der Waals surface area contributed by atoms with Gasteiger partial charge < -0.3 is 20.7 Å². The minimum atomic E-state index is -0.480. The van der Waals surface area contributed by atoms with Gasteiger partial charge in [0.05, 0.1) is 24.0 Å². The molecule has 3 heterocycles. The molecular weight excluding hydrogens is 448 g/mol. The summed E-state index contributed by atoms with van der Waals surface area (Å²) < 4.78 is 7.56. The molecule has 1 fully saturated rings. The van der Waals surface area contributed by atoms with Crippen LogP contribution in [0.15, 0.2) is 5.16 Å². The van der Waals surface area contributed by atoms with E-state index in [0.717, 1.165) is 55.3 Å². The first-order valence-electron chi connectivity index (χ1n) is 11.0. The predicted octanol–water partition coefficient (Wildman–Crippen LogP) is 2.54. The van der Waals surface area contributed by atoms with Crippen LogP contribution < -0.4 is 16.0 Å². The maximum absolute atomic E-state index is 13.0. The summed E-state index contributed by atoms with van der Waals surface area (Å²) in [6.45, 7) is 9.79. The van der Waals surface area contributed by atoms with Gasteiger partial charge in [0.2, 0.25) is 11.9 Å². The first kappa shape index (κ1) is 23.1. The van der Waals surface area contributed by atoms with Crippen LogP contribution in [-0.2, 0) is 28.9 Å². The lowest BCUT2D eigenvalue weighted by molar-refractivity contribution is -0.115. The number of aromatic nitrogens is 3. The minimum absolute atomic E-state index is 0.176. The summed E-state index contributed by atoms with van der Waals surface area (Å²) in [7, 11) is 0. The highest BCUT2D eigenvalue weighted by Crippen LogP contribution is 2.39. The zero-order valence-electron chi connectivity index (χ0n) is 18.7. The minimum Gasteiger partial charge on any atom is -0.378 e. The second-order valence-corrected chi connectivity index (χ2v) is 11.0. The number of thiophene rings is 1. The summed E-state index contributed by atoms with van der Waals surface area (Å²) >= 11 is 2.85. The number of anilines is 2. The molecule has 1 aliphatic heterocycles. The molecule has 2 amide bonds. The number of ether oxygens (including phenoxy) is 1. The summed E-state index contributed by atoms with van der Waals surface area (Å²) in [6, 6.07) is 0. The van der Waals surface area contributed by atoms with Crippen LogP contribution in [0.4, 0.5) is 10.9 Å². The van der Waals surface area contributed by atoms with Gasteiger partial charge in [0.25, 0.3) is 5.91 Å². The van der Waals surface area contributed by atoms with Gasteiger partial charge in [0, 0.05) is 24.5 Å². The molecule has 3 N–H and O–H groups in total. The molecule has 1 saturated heterocycles. The molecule has 11 heteroatoms. The Hall–Kier alpha value is -2.11.